The monoisotopic (exact) mass is 205 g/mol. The zero-order valence-corrected chi connectivity index (χ0v) is 8.82. The molecule has 1 saturated carbocycles. The summed E-state index contributed by atoms with van der Waals surface area (Å²) >= 11 is 0. The number of carbonyl (C=O) groups is 1. The number of ether oxygens (including phenoxy) is 1. The lowest BCUT2D eigenvalue weighted by Gasteiger charge is -2.08. The zero-order chi connectivity index (χ0) is 10.7. The van der Waals surface area contributed by atoms with E-state index in [0.29, 0.717) is 18.1 Å². The average molecular weight is 205 g/mol. The summed E-state index contributed by atoms with van der Waals surface area (Å²) in [6.07, 6.45) is 2.39. The molecule has 0 heterocycles. The lowest BCUT2D eigenvalue weighted by molar-refractivity contribution is 0.0487. The van der Waals surface area contributed by atoms with Crippen molar-refractivity contribution in [3.05, 3.63) is 29.8 Å². The van der Waals surface area contributed by atoms with Crippen molar-refractivity contribution in [2.45, 2.75) is 12.8 Å². The molecular weight excluding hydrogens is 190 g/mol. The van der Waals surface area contributed by atoms with Crippen LogP contribution < -0.4 is 5.32 Å². The molecule has 3 nitrogen and oxygen atoms in total. The van der Waals surface area contributed by atoms with Crippen molar-refractivity contribution in [1.29, 1.82) is 0 Å². The molecule has 1 N–H and O–H groups in total. The second-order valence-electron chi connectivity index (χ2n) is 3.84. The molecule has 1 aliphatic carbocycles. The SMILES string of the molecule is CNc1ccccc1C(=O)OCC1CC1. The van der Waals surface area contributed by atoms with E-state index in [1.54, 1.807) is 13.1 Å². The predicted octanol–water partition coefficient (Wildman–Crippen LogP) is 2.30. The highest BCUT2D eigenvalue weighted by molar-refractivity contribution is 5.95. The van der Waals surface area contributed by atoms with Gasteiger partial charge in [-0.2, -0.15) is 0 Å². The summed E-state index contributed by atoms with van der Waals surface area (Å²) in [5.41, 5.74) is 1.43. The third kappa shape index (κ3) is 2.49. The van der Waals surface area contributed by atoms with Gasteiger partial charge in [-0.05, 0) is 30.9 Å². The Hall–Kier alpha value is -1.51. The molecule has 0 spiro atoms. The van der Waals surface area contributed by atoms with E-state index in [1.165, 1.54) is 12.8 Å². The maximum absolute atomic E-state index is 11.7. The molecule has 0 bridgehead atoms. The van der Waals surface area contributed by atoms with Crippen LogP contribution in [-0.2, 0) is 4.74 Å². The predicted molar refractivity (Wildman–Crippen MR) is 59.0 cm³/mol. The summed E-state index contributed by atoms with van der Waals surface area (Å²) in [5.74, 6) is 0.377. The maximum atomic E-state index is 11.7. The van der Waals surface area contributed by atoms with Gasteiger partial charge in [0.05, 0.1) is 12.2 Å². The molecule has 0 amide bonds. The number of para-hydroxylation sites is 1. The lowest BCUT2D eigenvalue weighted by Crippen LogP contribution is -2.09. The van der Waals surface area contributed by atoms with Gasteiger partial charge in [-0.3, -0.25) is 0 Å². The summed E-state index contributed by atoms with van der Waals surface area (Å²) in [6, 6.07) is 7.38. The quantitative estimate of drug-likeness (QED) is 0.766. The number of nitrogens with one attached hydrogen (secondary N) is 1. The molecule has 0 radical (unpaired) electrons. The first-order valence-corrected chi connectivity index (χ1v) is 5.25. The van der Waals surface area contributed by atoms with Crippen LogP contribution in [0.2, 0.25) is 0 Å². The number of hydrogen-bond donors (Lipinski definition) is 1. The summed E-state index contributed by atoms with van der Waals surface area (Å²) < 4.78 is 5.22. The molecule has 1 aromatic rings. The molecule has 2 rings (SSSR count). The highest BCUT2D eigenvalue weighted by Gasteiger charge is 2.23. The summed E-state index contributed by atoms with van der Waals surface area (Å²) in [6.45, 7) is 0.566. The second-order valence-corrected chi connectivity index (χ2v) is 3.84. The largest absolute Gasteiger partial charge is 0.462 e. The van der Waals surface area contributed by atoms with Gasteiger partial charge in [0, 0.05) is 12.7 Å². The van der Waals surface area contributed by atoms with Gasteiger partial charge in [-0.15, -0.1) is 0 Å². The van der Waals surface area contributed by atoms with Crippen molar-refractivity contribution in [3.8, 4) is 0 Å². The molecule has 0 saturated heterocycles. The van der Waals surface area contributed by atoms with E-state index in [0.717, 1.165) is 5.69 Å². The Balaban J connectivity index is 2.02. The zero-order valence-electron chi connectivity index (χ0n) is 8.82. The van der Waals surface area contributed by atoms with Crippen LogP contribution in [0.15, 0.2) is 24.3 Å². The van der Waals surface area contributed by atoms with Crippen molar-refractivity contribution in [3.63, 3.8) is 0 Å². The molecule has 0 atom stereocenters. The van der Waals surface area contributed by atoms with Crippen molar-refractivity contribution in [2.75, 3.05) is 19.0 Å². The van der Waals surface area contributed by atoms with Crippen LogP contribution in [-0.4, -0.2) is 19.6 Å². The molecular formula is C12H15NO2. The van der Waals surface area contributed by atoms with E-state index < -0.39 is 0 Å². The number of hydrogen-bond acceptors (Lipinski definition) is 3. The molecule has 15 heavy (non-hydrogen) atoms. The van der Waals surface area contributed by atoms with Gasteiger partial charge >= 0.3 is 5.97 Å². The first-order chi connectivity index (χ1) is 7.31. The normalized spacial score (nSPS) is 14.7. The van der Waals surface area contributed by atoms with E-state index >= 15 is 0 Å². The molecule has 0 unspecified atom stereocenters. The first kappa shape index (κ1) is 10.0. The Labute approximate surface area is 89.4 Å². The number of carbonyl (C=O) groups excluding carboxylic acids is 1. The minimum absolute atomic E-state index is 0.230. The van der Waals surface area contributed by atoms with Gasteiger partial charge in [0.15, 0.2) is 0 Å². The van der Waals surface area contributed by atoms with Gasteiger partial charge in [0.25, 0.3) is 0 Å². The maximum Gasteiger partial charge on any atom is 0.340 e. The first-order valence-electron chi connectivity index (χ1n) is 5.25. The Morgan fingerprint density at radius 2 is 2.20 bits per heavy atom. The molecule has 80 valence electrons. The Morgan fingerprint density at radius 3 is 2.87 bits per heavy atom. The molecule has 0 aliphatic heterocycles. The van der Waals surface area contributed by atoms with Crippen LogP contribution in [0.1, 0.15) is 23.2 Å². The van der Waals surface area contributed by atoms with Gasteiger partial charge < -0.3 is 10.1 Å². The number of benzene rings is 1. The highest BCUT2D eigenvalue weighted by atomic mass is 16.5. The average Bonchev–Trinajstić information content (AvgIpc) is 3.09. The number of rotatable bonds is 4. The smallest absolute Gasteiger partial charge is 0.340 e. The Bertz CT molecular complexity index is 358. The highest BCUT2D eigenvalue weighted by Crippen LogP contribution is 2.29. The summed E-state index contributed by atoms with van der Waals surface area (Å²) in [4.78, 5) is 11.7. The molecule has 3 heteroatoms. The second kappa shape index (κ2) is 4.34. The fourth-order valence-corrected chi connectivity index (χ4v) is 1.43. The van der Waals surface area contributed by atoms with Crippen LogP contribution in [0, 0.1) is 5.92 Å². The van der Waals surface area contributed by atoms with Gasteiger partial charge in [-0.1, -0.05) is 12.1 Å². The summed E-state index contributed by atoms with van der Waals surface area (Å²) in [5, 5.41) is 2.98. The lowest BCUT2D eigenvalue weighted by atomic mass is 10.2. The Kier molecular flexibility index (Phi) is 2.90. The van der Waals surface area contributed by atoms with Crippen LogP contribution in [0.5, 0.6) is 0 Å². The van der Waals surface area contributed by atoms with Crippen LogP contribution in [0.3, 0.4) is 0 Å². The van der Waals surface area contributed by atoms with E-state index in [1.807, 2.05) is 18.2 Å². The van der Waals surface area contributed by atoms with Crippen LogP contribution in [0.25, 0.3) is 0 Å². The third-order valence-corrected chi connectivity index (χ3v) is 2.56. The van der Waals surface area contributed by atoms with Crippen molar-refractivity contribution < 1.29 is 9.53 Å². The fourth-order valence-electron chi connectivity index (χ4n) is 1.43. The standard InChI is InChI=1S/C12H15NO2/c1-13-11-5-3-2-4-10(11)12(14)15-8-9-6-7-9/h2-5,9,13H,6-8H2,1H3. The number of anilines is 1. The number of esters is 1. The topological polar surface area (TPSA) is 38.3 Å². The third-order valence-electron chi connectivity index (χ3n) is 2.56. The summed E-state index contributed by atoms with van der Waals surface area (Å²) in [7, 11) is 1.80. The molecule has 0 aromatic heterocycles. The molecule has 1 fully saturated rings. The van der Waals surface area contributed by atoms with Crippen molar-refractivity contribution in [2.24, 2.45) is 5.92 Å². The van der Waals surface area contributed by atoms with Crippen LogP contribution >= 0.6 is 0 Å². The minimum Gasteiger partial charge on any atom is -0.462 e. The van der Waals surface area contributed by atoms with Crippen molar-refractivity contribution >= 4 is 11.7 Å². The van der Waals surface area contributed by atoms with Gasteiger partial charge in [0.2, 0.25) is 0 Å². The van der Waals surface area contributed by atoms with E-state index in [9.17, 15) is 4.79 Å². The minimum atomic E-state index is -0.230. The van der Waals surface area contributed by atoms with Crippen LogP contribution in [0.4, 0.5) is 5.69 Å². The molecule has 1 aliphatic rings. The van der Waals surface area contributed by atoms with E-state index in [4.69, 9.17) is 4.74 Å². The Morgan fingerprint density at radius 1 is 1.47 bits per heavy atom. The van der Waals surface area contributed by atoms with E-state index in [2.05, 4.69) is 5.32 Å². The van der Waals surface area contributed by atoms with Crippen molar-refractivity contribution in [1.82, 2.24) is 0 Å². The van der Waals surface area contributed by atoms with Gasteiger partial charge in [-0.25, -0.2) is 4.79 Å². The van der Waals surface area contributed by atoms with E-state index in [-0.39, 0.29) is 5.97 Å². The van der Waals surface area contributed by atoms with Gasteiger partial charge in [0.1, 0.15) is 0 Å². The molecule has 1 aromatic carbocycles. The fraction of sp³-hybridized carbons (Fsp3) is 0.417.